The van der Waals surface area contributed by atoms with Crippen molar-refractivity contribution in [3.8, 4) is 0 Å². The third kappa shape index (κ3) is 4.94. The number of rotatable bonds is 6. The first-order chi connectivity index (χ1) is 8.52. The second kappa shape index (κ2) is 7.24. The largest absolute Gasteiger partial charge is 0.397 e. The van der Waals surface area contributed by atoms with Crippen LogP contribution < -0.4 is 11.1 Å². The van der Waals surface area contributed by atoms with E-state index in [0.717, 1.165) is 12.8 Å². The smallest absolute Gasteiger partial charge is 0.250 e. The average Bonchev–Trinajstić information content (AvgIpc) is 2.32. The maximum Gasteiger partial charge on any atom is 0.250 e. The first-order valence-corrected chi connectivity index (χ1v) is 6.37. The van der Waals surface area contributed by atoms with Crippen LogP contribution in [0.15, 0.2) is 18.2 Å². The standard InChI is InChI=1S/C13H19ClN2O2/c1-3-4-9(2)18-8-13(17)16-12-7-10(14)5-6-11(12)15/h5-7,9H,3-4,8,15H2,1-2H3,(H,16,17). The Morgan fingerprint density at radius 1 is 1.56 bits per heavy atom. The van der Waals surface area contributed by atoms with Crippen LogP contribution in [0.25, 0.3) is 0 Å². The number of halogens is 1. The summed E-state index contributed by atoms with van der Waals surface area (Å²) in [7, 11) is 0. The summed E-state index contributed by atoms with van der Waals surface area (Å²) in [6, 6.07) is 4.94. The number of amides is 1. The number of ether oxygens (including phenoxy) is 1. The van der Waals surface area contributed by atoms with Crippen molar-refractivity contribution in [3.63, 3.8) is 0 Å². The number of hydrogen-bond acceptors (Lipinski definition) is 3. The molecule has 1 rings (SSSR count). The predicted octanol–water partition coefficient (Wildman–Crippen LogP) is 3.07. The molecule has 1 aromatic rings. The van der Waals surface area contributed by atoms with Crippen molar-refractivity contribution in [1.29, 1.82) is 0 Å². The molecule has 1 aromatic carbocycles. The molecule has 3 N–H and O–H groups in total. The third-order valence-corrected chi connectivity index (χ3v) is 2.72. The van der Waals surface area contributed by atoms with Gasteiger partial charge in [0.2, 0.25) is 5.91 Å². The van der Waals surface area contributed by atoms with Crippen LogP contribution in [0.4, 0.5) is 11.4 Å². The molecule has 0 saturated heterocycles. The summed E-state index contributed by atoms with van der Waals surface area (Å²) in [6.45, 7) is 4.05. The van der Waals surface area contributed by atoms with Crippen molar-refractivity contribution in [2.45, 2.75) is 32.8 Å². The Kier molecular flexibility index (Phi) is 5.95. The fourth-order valence-corrected chi connectivity index (χ4v) is 1.70. The molecule has 0 aliphatic heterocycles. The molecule has 0 aliphatic carbocycles. The number of nitrogens with one attached hydrogen (secondary N) is 1. The van der Waals surface area contributed by atoms with E-state index < -0.39 is 0 Å². The van der Waals surface area contributed by atoms with E-state index in [4.69, 9.17) is 22.1 Å². The van der Waals surface area contributed by atoms with Crippen LogP contribution in [0, 0.1) is 0 Å². The van der Waals surface area contributed by atoms with E-state index >= 15 is 0 Å². The summed E-state index contributed by atoms with van der Waals surface area (Å²) in [6.07, 6.45) is 2.05. The van der Waals surface area contributed by atoms with Gasteiger partial charge in [-0.05, 0) is 31.5 Å². The topological polar surface area (TPSA) is 64.3 Å². The highest BCUT2D eigenvalue weighted by molar-refractivity contribution is 6.31. The Balaban J connectivity index is 2.47. The van der Waals surface area contributed by atoms with Gasteiger partial charge in [0.1, 0.15) is 6.61 Å². The Labute approximate surface area is 112 Å². The van der Waals surface area contributed by atoms with Gasteiger partial charge in [0.05, 0.1) is 17.5 Å². The fraction of sp³-hybridized carbons (Fsp3) is 0.462. The molecule has 0 saturated carbocycles. The first kappa shape index (κ1) is 14.8. The molecule has 0 spiro atoms. The molecule has 0 aromatic heterocycles. The highest BCUT2D eigenvalue weighted by Gasteiger charge is 2.08. The number of carbonyl (C=O) groups excluding carboxylic acids is 1. The summed E-state index contributed by atoms with van der Waals surface area (Å²) in [5.74, 6) is -0.230. The van der Waals surface area contributed by atoms with Gasteiger partial charge in [0.15, 0.2) is 0 Å². The Hall–Kier alpha value is -1.26. The predicted molar refractivity (Wildman–Crippen MR) is 74.8 cm³/mol. The molecule has 1 atom stereocenters. The van der Waals surface area contributed by atoms with Crippen LogP contribution in [0.3, 0.4) is 0 Å². The van der Waals surface area contributed by atoms with Crippen molar-refractivity contribution < 1.29 is 9.53 Å². The summed E-state index contributed by atoms with van der Waals surface area (Å²) < 4.78 is 5.40. The van der Waals surface area contributed by atoms with Gasteiger partial charge in [-0.3, -0.25) is 4.79 Å². The van der Waals surface area contributed by atoms with E-state index in [9.17, 15) is 4.79 Å². The van der Waals surface area contributed by atoms with Crippen molar-refractivity contribution in [3.05, 3.63) is 23.2 Å². The Morgan fingerprint density at radius 2 is 2.28 bits per heavy atom. The van der Waals surface area contributed by atoms with Crippen molar-refractivity contribution in [1.82, 2.24) is 0 Å². The third-order valence-electron chi connectivity index (χ3n) is 2.48. The number of hydrogen-bond donors (Lipinski definition) is 2. The normalized spacial score (nSPS) is 12.2. The molecule has 18 heavy (non-hydrogen) atoms. The first-order valence-electron chi connectivity index (χ1n) is 5.99. The molecule has 0 aliphatic rings. The average molecular weight is 271 g/mol. The van der Waals surface area contributed by atoms with Crippen molar-refractivity contribution in [2.24, 2.45) is 0 Å². The maximum absolute atomic E-state index is 11.6. The lowest BCUT2D eigenvalue weighted by atomic mass is 10.2. The SMILES string of the molecule is CCCC(C)OCC(=O)Nc1cc(Cl)ccc1N. The van der Waals surface area contributed by atoms with E-state index in [1.54, 1.807) is 18.2 Å². The van der Waals surface area contributed by atoms with Gasteiger partial charge >= 0.3 is 0 Å². The zero-order chi connectivity index (χ0) is 13.5. The van der Waals surface area contributed by atoms with Crippen LogP contribution in [0.5, 0.6) is 0 Å². The van der Waals surface area contributed by atoms with Crippen molar-refractivity contribution in [2.75, 3.05) is 17.7 Å². The second-order valence-corrected chi connectivity index (χ2v) is 4.63. The Bertz CT molecular complexity index is 410. The van der Waals surface area contributed by atoms with Gasteiger partial charge < -0.3 is 15.8 Å². The molecule has 0 bridgehead atoms. The number of nitrogens with two attached hydrogens (primary N) is 1. The number of anilines is 2. The lowest BCUT2D eigenvalue weighted by molar-refractivity contribution is -0.122. The molecule has 0 fully saturated rings. The molecule has 100 valence electrons. The fourth-order valence-electron chi connectivity index (χ4n) is 1.53. The molecular weight excluding hydrogens is 252 g/mol. The van der Waals surface area contributed by atoms with Crippen LogP contribution >= 0.6 is 11.6 Å². The highest BCUT2D eigenvalue weighted by Crippen LogP contribution is 2.22. The van der Waals surface area contributed by atoms with Crippen LogP contribution in [-0.2, 0) is 9.53 Å². The van der Waals surface area contributed by atoms with E-state index in [1.165, 1.54) is 0 Å². The number of carbonyl (C=O) groups is 1. The molecule has 0 heterocycles. The molecule has 1 unspecified atom stereocenters. The lowest BCUT2D eigenvalue weighted by Gasteiger charge is -2.12. The Morgan fingerprint density at radius 3 is 2.94 bits per heavy atom. The van der Waals surface area contributed by atoms with Crippen molar-refractivity contribution >= 4 is 28.9 Å². The summed E-state index contributed by atoms with van der Waals surface area (Å²) in [5.41, 5.74) is 6.72. The minimum atomic E-state index is -0.230. The zero-order valence-electron chi connectivity index (χ0n) is 10.7. The van der Waals surface area contributed by atoms with Gasteiger partial charge in [-0.25, -0.2) is 0 Å². The summed E-state index contributed by atoms with van der Waals surface area (Å²) in [4.78, 5) is 11.6. The van der Waals surface area contributed by atoms with E-state index in [0.29, 0.717) is 16.4 Å². The minimum absolute atomic E-state index is 0.0210. The van der Waals surface area contributed by atoms with E-state index in [-0.39, 0.29) is 18.6 Å². The monoisotopic (exact) mass is 270 g/mol. The van der Waals surface area contributed by atoms with Gasteiger partial charge in [-0.15, -0.1) is 0 Å². The van der Waals surface area contributed by atoms with Crippen LogP contribution in [0.1, 0.15) is 26.7 Å². The molecule has 1 amide bonds. The quantitative estimate of drug-likeness (QED) is 0.781. The number of benzene rings is 1. The lowest BCUT2D eigenvalue weighted by Crippen LogP contribution is -2.22. The molecule has 4 nitrogen and oxygen atoms in total. The molecule has 5 heteroatoms. The maximum atomic E-state index is 11.6. The molecule has 0 radical (unpaired) electrons. The second-order valence-electron chi connectivity index (χ2n) is 4.19. The minimum Gasteiger partial charge on any atom is -0.397 e. The van der Waals surface area contributed by atoms with Gasteiger partial charge in [0, 0.05) is 5.02 Å². The van der Waals surface area contributed by atoms with Crippen LogP contribution in [0.2, 0.25) is 5.02 Å². The van der Waals surface area contributed by atoms with Gasteiger partial charge in [-0.2, -0.15) is 0 Å². The van der Waals surface area contributed by atoms with Crippen LogP contribution in [-0.4, -0.2) is 18.6 Å². The summed E-state index contributed by atoms with van der Waals surface area (Å²) >= 11 is 5.83. The zero-order valence-corrected chi connectivity index (χ0v) is 11.5. The summed E-state index contributed by atoms with van der Waals surface area (Å²) in [5, 5.41) is 3.20. The van der Waals surface area contributed by atoms with Gasteiger partial charge in [-0.1, -0.05) is 24.9 Å². The van der Waals surface area contributed by atoms with E-state index in [1.807, 2.05) is 6.92 Å². The molecular formula is C13H19ClN2O2. The number of nitrogen functional groups attached to an aromatic ring is 1. The highest BCUT2D eigenvalue weighted by atomic mass is 35.5. The van der Waals surface area contributed by atoms with E-state index in [2.05, 4.69) is 12.2 Å². The van der Waals surface area contributed by atoms with Gasteiger partial charge in [0.25, 0.3) is 0 Å².